The number of nitrogens with zero attached hydrogens (tertiary/aromatic N) is 2. The topological polar surface area (TPSA) is 51.8 Å². The van der Waals surface area contributed by atoms with E-state index in [1.807, 2.05) is 18.2 Å². The Balaban J connectivity index is 2.59. The van der Waals surface area contributed by atoms with Gasteiger partial charge in [-0.05, 0) is 31.0 Å². The number of halogens is 1. The molecule has 2 N–H and O–H groups in total. The summed E-state index contributed by atoms with van der Waals surface area (Å²) in [5, 5.41) is 0.408. The fourth-order valence-electron chi connectivity index (χ4n) is 1.47. The monoisotopic (exact) mass is 233 g/mol. The first kappa shape index (κ1) is 10.9. The van der Waals surface area contributed by atoms with Crippen LogP contribution in [0.15, 0.2) is 24.5 Å². The number of rotatable bonds is 1. The molecule has 0 saturated carbocycles. The average Bonchev–Trinajstić information content (AvgIpc) is 2.26. The zero-order valence-corrected chi connectivity index (χ0v) is 9.92. The van der Waals surface area contributed by atoms with Crippen molar-refractivity contribution in [3.05, 3.63) is 40.7 Å². The van der Waals surface area contributed by atoms with Crippen LogP contribution in [-0.2, 0) is 0 Å². The Bertz CT molecular complexity index is 538. The molecule has 0 unspecified atom stereocenters. The maximum absolute atomic E-state index is 6.07. The van der Waals surface area contributed by atoms with E-state index < -0.39 is 0 Å². The first-order valence-corrected chi connectivity index (χ1v) is 5.31. The predicted molar refractivity (Wildman–Crippen MR) is 66.4 cm³/mol. The molecule has 82 valence electrons. The van der Waals surface area contributed by atoms with Crippen LogP contribution in [0, 0.1) is 13.8 Å². The summed E-state index contributed by atoms with van der Waals surface area (Å²) in [4.78, 5) is 8.00. The Hall–Kier alpha value is -1.61. The highest BCUT2D eigenvalue weighted by molar-refractivity contribution is 6.35. The molecule has 3 nitrogen and oxygen atoms in total. The highest BCUT2D eigenvalue weighted by Gasteiger charge is 2.09. The molecule has 0 saturated heterocycles. The van der Waals surface area contributed by atoms with Crippen molar-refractivity contribution in [3.8, 4) is 11.3 Å². The first-order chi connectivity index (χ1) is 7.59. The lowest BCUT2D eigenvalue weighted by Gasteiger charge is -2.07. The van der Waals surface area contributed by atoms with Crippen LogP contribution in [0.1, 0.15) is 11.1 Å². The lowest BCUT2D eigenvalue weighted by molar-refractivity contribution is 1.18. The average molecular weight is 234 g/mol. The van der Waals surface area contributed by atoms with E-state index in [9.17, 15) is 0 Å². The molecule has 0 amide bonds. The van der Waals surface area contributed by atoms with Gasteiger partial charge >= 0.3 is 0 Å². The van der Waals surface area contributed by atoms with E-state index in [0.29, 0.717) is 16.5 Å². The van der Waals surface area contributed by atoms with Crippen molar-refractivity contribution in [3.63, 3.8) is 0 Å². The fraction of sp³-hybridized carbons (Fsp3) is 0.167. The van der Waals surface area contributed by atoms with E-state index in [0.717, 1.165) is 5.56 Å². The molecule has 4 heteroatoms. The lowest BCUT2D eigenvalue weighted by atomic mass is 10.0. The molecule has 0 aliphatic carbocycles. The summed E-state index contributed by atoms with van der Waals surface area (Å²) in [6.45, 7) is 4.12. The van der Waals surface area contributed by atoms with Crippen molar-refractivity contribution in [1.29, 1.82) is 0 Å². The van der Waals surface area contributed by atoms with Crippen LogP contribution in [0.5, 0.6) is 0 Å². The van der Waals surface area contributed by atoms with Gasteiger partial charge in [0, 0.05) is 5.56 Å². The summed E-state index contributed by atoms with van der Waals surface area (Å²) < 4.78 is 0. The summed E-state index contributed by atoms with van der Waals surface area (Å²) >= 11 is 6.07. The van der Waals surface area contributed by atoms with Crippen LogP contribution < -0.4 is 5.73 Å². The number of anilines is 1. The molecule has 0 aliphatic heterocycles. The molecule has 2 rings (SSSR count). The number of nitrogen functional groups attached to an aromatic ring is 1. The smallest absolute Gasteiger partial charge is 0.146 e. The van der Waals surface area contributed by atoms with Gasteiger partial charge in [0.1, 0.15) is 17.2 Å². The van der Waals surface area contributed by atoms with Crippen LogP contribution in [0.25, 0.3) is 11.3 Å². The number of benzene rings is 1. The van der Waals surface area contributed by atoms with E-state index in [1.54, 1.807) is 0 Å². The molecule has 1 heterocycles. The van der Waals surface area contributed by atoms with Crippen LogP contribution in [-0.4, -0.2) is 9.97 Å². The Morgan fingerprint density at radius 1 is 1.12 bits per heavy atom. The van der Waals surface area contributed by atoms with Gasteiger partial charge in [0.15, 0.2) is 0 Å². The quantitative estimate of drug-likeness (QED) is 0.824. The minimum absolute atomic E-state index is 0.310. The Labute approximate surface area is 99.3 Å². The first-order valence-electron chi connectivity index (χ1n) is 4.93. The number of aryl methyl sites for hydroxylation is 2. The van der Waals surface area contributed by atoms with E-state index in [1.165, 1.54) is 17.5 Å². The van der Waals surface area contributed by atoms with Gasteiger partial charge in [-0.15, -0.1) is 0 Å². The van der Waals surface area contributed by atoms with Gasteiger partial charge in [-0.2, -0.15) is 0 Å². The molecule has 0 spiro atoms. The maximum Gasteiger partial charge on any atom is 0.146 e. The molecule has 0 bridgehead atoms. The summed E-state index contributed by atoms with van der Waals surface area (Å²) in [6.07, 6.45) is 1.42. The van der Waals surface area contributed by atoms with Gasteiger partial charge in [-0.1, -0.05) is 23.7 Å². The van der Waals surface area contributed by atoms with Crippen molar-refractivity contribution in [2.75, 3.05) is 5.73 Å². The van der Waals surface area contributed by atoms with E-state index in [-0.39, 0.29) is 0 Å². The van der Waals surface area contributed by atoms with Crippen molar-refractivity contribution < 1.29 is 0 Å². The number of aromatic nitrogens is 2. The van der Waals surface area contributed by atoms with E-state index in [4.69, 9.17) is 17.3 Å². The van der Waals surface area contributed by atoms with Gasteiger partial charge in [-0.3, -0.25) is 0 Å². The second-order valence-electron chi connectivity index (χ2n) is 3.72. The third-order valence-electron chi connectivity index (χ3n) is 2.60. The molecule has 0 atom stereocenters. The van der Waals surface area contributed by atoms with Gasteiger partial charge in [0.05, 0.1) is 5.69 Å². The summed E-state index contributed by atoms with van der Waals surface area (Å²) in [5.41, 5.74) is 9.72. The summed E-state index contributed by atoms with van der Waals surface area (Å²) in [6, 6.07) is 6.07. The van der Waals surface area contributed by atoms with Crippen LogP contribution in [0.4, 0.5) is 5.82 Å². The Morgan fingerprint density at radius 2 is 1.88 bits per heavy atom. The molecular weight excluding hydrogens is 222 g/mol. The molecule has 2 aromatic rings. The standard InChI is InChI=1S/C12H12ClN3/c1-7-3-4-9(5-8(7)2)11-10(13)12(14)16-6-15-11/h3-6H,1-2H3,(H2,14,15,16). The second-order valence-corrected chi connectivity index (χ2v) is 4.10. The summed E-state index contributed by atoms with van der Waals surface area (Å²) in [7, 11) is 0. The maximum atomic E-state index is 6.07. The molecule has 16 heavy (non-hydrogen) atoms. The van der Waals surface area contributed by atoms with Crippen molar-refractivity contribution >= 4 is 17.4 Å². The number of hydrogen-bond acceptors (Lipinski definition) is 3. The Morgan fingerprint density at radius 3 is 2.56 bits per heavy atom. The normalized spacial score (nSPS) is 10.4. The van der Waals surface area contributed by atoms with Gasteiger partial charge < -0.3 is 5.73 Å². The molecule has 0 fully saturated rings. The van der Waals surface area contributed by atoms with Crippen LogP contribution >= 0.6 is 11.6 Å². The second kappa shape index (κ2) is 4.10. The number of nitrogens with two attached hydrogens (primary N) is 1. The minimum Gasteiger partial charge on any atom is -0.382 e. The molecule has 0 aliphatic rings. The summed E-state index contributed by atoms with van der Waals surface area (Å²) in [5.74, 6) is 0.310. The largest absolute Gasteiger partial charge is 0.382 e. The van der Waals surface area contributed by atoms with Gasteiger partial charge in [-0.25, -0.2) is 9.97 Å². The zero-order chi connectivity index (χ0) is 11.7. The molecular formula is C12H12ClN3. The predicted octanol–water partition coefficient (Wildman–Crippen LogP) is 3.00. The van der Waals surface area contributed by atoms with Crippen molar-refractivity contribution in [2.45, 2.75) is 13.8 Å². The third-order valence-corrected chi connectivity index (χ3v) is 2.97. The molecule has 0 radical (unpaired) electrons. The van der Waals surface area contributed by atoms with E-state index in [2.05, 4.69) is 23.8 Å². The van der Waals surface area contributed by atoms with Gasteiger partial charge in [0.25, 0.3) is 0 Å². The van der Waals surface area contributed by atoms with Crippen LogP contribution in [0.3, 0.4) is 0 Å². The number of hydrogen-bond donors (Lipinski definition) is 1. The Kier molecular flexibility index (Phi) is 2.79. The molecule has 1 aromatic heterocycles. The lowest BCUT2D eigenvalue weighted by Crippen LogP contribution is -1.96. The van der Waals surface area contributed by atoms with Crippen LogP contribution in [0.2, 0.25) is 5.02 Å². The fourth-order valence-corrected chi connectivity index (χ4v) is 1.68. The van der Waals surface area contributed by atoms with Crippen molar-refractivity contribution in [1.82, 2.24) is 9.97 Å². The van der Waals surface area contributed by atoms with E-state index >= 15 is 0 Å². The minimum atomic E-state index is 0.310. The highest BCUT2D eigenvalue weighted by atomic mass is 35.5. The zero-order valence-electron chi connectivity index (χ0n) is 9.16. The molecule has 1 aromatic carbocycles. The third kappa shape index (κ3) is 1.86. The SMILES string of the molecule is Cc1ccc(-c2ncnc(N)c2Cl)cc1C. The van der Waals surface area contributed by atoms with Gasteiger partial charge in [0.2, 0.25) is 0 Å². The van der Waals surface area contributed by atoms with Crippen molar-refractivity contribution in [2.24, 2.45) is 0 Å². The highest BCUT2D eigenvalue weighted by Crippen LogP contribution is 2.29.